The number of carbonyl (C=O) groups excluding carboxylic acids is 1. The van der Waals surface area contributed by atoms with Crippen LogP contribution in [0.15, 0.2) is 53.7 Å². The quantitative estimate of drug-likeness (QED) is 0.507. The van der Waals surface area contributed by atoms with Gasteiger partial charge < -0.3 is 14.6 Å². The number of benzene rings is 2. The second-order valence-corrected chi connectivity index (χ2v) is 7.53. The number of hydrogen-bond donors (Lipinski definition) is 1. The number of thioether (sulfide) groups is 1. The fourth-order valence-electron chi connectivity index (χ4n) is 2.67. The fourth-order valence-corrected chi connectivity index (χ4v) is 3.67. The van der Waals surface area contributed by atoms with E-state index in [0.29, 0.717) is 34.0 Å². The average molecular weight is 435 g/mol. The summed E-state index contributed by atoms with van der Waals surface area (Å²) in [4.78, 5) is 12.2. The summed E-state index contributed by atoms with van der Waals surface area (Å²) in [5, 5.41) is 12.4. The van der Waals surface area contributed by atoms with Crippen molar-refractivity contribution in [2.24, 2.45) is 0 Å². The normalized spacial score (nSPS) is 11.9. The third-order valence-electron chi connectivity index (χ3n) is 3.99. The lowest BCUT2D eigenvalue weighted by molar-refractivity contribution is -0.113. The van der Waals surface area contributed by atoms with E-state index >= 15 is 0 Å². The van der Waals surface area contributed by atoms with Crippen LogP contribution in [0.3, 0.4) is 0 Å². The fraction of sp³-hybridized carbons (Fsp3) is 0.250. The molecule has 1 amide bonds. The Bertz CT molecular complexity index is 981. The maximum absolute atomic E-state index is 13.1. The van der Waals surface area contributed by atoms with Crippen LogP contribution < -0.4 is 10.1 Å². The van der Waals surface area contributed by atoms with Gasteiger partial charge in [-0.3, -0.25) is 4.79 Å². The minimum absolute atomic E-state index is 0.167. The van der Waals surface area contributed by atoms with Gasteiger partial charge in [0, 0.05) is 17.3 Å². The first-order valence-electron chi connectivity index (χ1n) is 8.99. The van der Waals surface area contributed by atoms with E-state index in [1.807, 2.05) is 18.4 Å². The van der Waals surface area contributed by atoms with Crippen molar-refractivity contribution in [3.8, 4) is 5.75 Å². The molecule has 1 atom stereocenters. The molecule has 29 heavy (non-hydrogen) atoms. The van der Waals surface area contributed by atoms with Gasteiger partial charge in [-0.2, -0.15) is 0 Å². The molecule has 1 heterocycles. The van der Waals surface area contributed by atoms with E-state index in [1.54, 1.807) is 36.4 Å². The minimum atomic E-state index is -0.387. The maximum Gasteiger partial charge on any atom is 0.234 e. The lowest BCUT2D eigenvalue weighted by Gasteiger charge is -2.15. The number of amides is 1. The van der Waals surface area contributed by atoms with Crippen molar-refractivity contribution in [2.45, 2.75) is 31.7 Å². The summed E-state index contributed by atoms with van der Waals surface area (Å²) in [5.74, 6) is 0.864. The Morgan fingerprint density at radius 3 is 2.72 bits per heavy atom. The molecule has 0 saturated heterocycles. The van der Waals surface area contributed by atoms with Crippen LogP contribution in [0, 0.1) is 5.82 Å². The molecule has 0 aliphatic heterocycles. The lowest BCUT2D eigenvalue weighted by Crippen LogP contribution is -2.15. The van der Waals surface area contributed by atoms with Crippen LogP contribution in [-0.4, -0.2) is 26.4 Å². The number of nitrogens with zero attached hydrogens (tertiary/aromatic N) is 3. The molecular weight excluding hydrogens is 415 g/mol. The van der Waals surface area contributed by atoms with Gasteiger partial charge in [0.2, 0.25) is 5.91 Å². The van der Waals surface area contributed by atoms with Crippen molar-refractivity contribution in [3.05, 3.63) is 65.2 Å². The van der Waals surface area contributed by atoms with Crippen molar-refractivity contribution in [1.29, 1.82) is 0 Å². The van der Waals surface area contributed by atoms with Gasteiger partial charge in [-0.15, -0.1) is 10.2 Å². The number of nitrogens with one attached hydrogen (secondary N) is 1. The highest BCUT2D eigenvalue weighted by Crippen LogP contribution is 2.25. The number of hydrogen-bond acceptors (Lipinski definition) is 5. The summed E-state index contributed by atoms with van der Waals surface area (Å²) in [6.07, 6.45) is -0.387. The Morgan fingerprint density at radius 2 is 2.03 bits per heavy atom. The molecule has 0 aliphatic carbocycles. The molecule has 0 bridgehead atoms. The van der Waals surface area contributed by atoms with Crippen LogP contribution >= 0.6 is 23.4 Å². The van der Waals surface area contributed by atoms with Crippen molar-refractivity contribution >= 4 is 35.0 Å². The maximum atomic E-state index is 13.1. The minimum Gasteiger partial charge on any atom is -0.483 e. The SMILES string of the molecule is CCn1c(SCC(=O)Nc2cccc(Cl)c2)nnc1C(C)Oc1ccc(F)cc1. The molecule has 0 radical (unpaired) electrons. The molecule has 152 valence electrons. The van der Waals surface area contributed by atoms with Gasteiger partial charge >= 0.3 is 0 Å². The van der Waals surface area contributed by atoms with E-state index in [1.165, 1.54) is 23.9 Å². The van der Waals surface area contributed by atoms with Crippen molar-refractivity contribution in [2.75, 3.05) is 11.1 Å². The van der Waals surface area contributed by atoms with Crippen LogP contribution in [0.25, 0.3) is 0 Å². The second-order valence-electron chi connectivity index (χ2n) is 6.15. The summed E-state index contributed by atoms with van der Waals surface area (Å²) in [6.45, 7) is 4.44. The van der Waals surface area contributed by atoms with E-state index < -0.39 is 0 Å². The van der Waals surface area contributed by atoms with Crippen LogP contribution in [0.5, 0.6) is 5.75 Å². The predicted octanol–water partition coefficient (Wildman–Crippen LogP) is 4.96. The van der Waals surface area contributed by atoms with Crippen LogP contribution in [0.1, 0.15) is 25.8 Å². The molecule has 0 saturated carbocycles. The number of aromatic nitrogens is 3. The molecule has 0 fully saturated rings. The Kier molecular flexibility index (Phi) is 7.11. The van der Waals surface area contributed by atoms with Crippen LogP contribution in [-0.2, 0) is 11.3 Å². The molecule has 9 heteroatoms. The van der Waals surface area contributed by atoms with Gasteiger partial charge in [-0.1, -0.05) is 29.4 Å². The summed E-state index contributed by atoms with van der Waals surface area (Å²) >= 11 is 7.22. The zero-order chi connectivity index (χ0) is 20.8. The lowest BCUT2D eigenvalue weighted by atomic mass is 10.3. The second kappa shape index (κ2) is 9.76. The third-order valence-corrected chi connectivity index (χ3v) is 5.19. The number of carbonyl (C=O) groups is 1. The molecule has 0 aliphatic rings. The Labute approximate surface area is 177 Å². The van der Waals surface area contributed by atoms with Gasteiger partial charge in [0.05, 0.1) is 5.75 Å². The third kappa shape index (κ3) is 5.71. The predicted molar refractivity (Wildman–Crippen MR) is 112 cm³/mol. The van der Waals surface area contributed by atoms with Crippen LogP contribution in [0.4, 0.5) is 10.1 Å². The Balaban J connectivity index is 1.62. The molecular formula is C20H20ClFN4O2S. The van der Waals surface area contributed by atoms with Gasteiger partial charge in [0.15, 0.2) is 17.1 Å². The highest BCUT2D eigenvalue weighted by molar-refractivity contribution is 7.99. The summed E-state index contributed by atoms with van der Waals surface area (Å²) in [5.41, 5.74) is 0.641. The first kappa shape index (κ1) is 21.1. The van der Waals surface area contributed by atoms with Gasteiger partial charge in [0.25, 0.3) is 0 Å². The van der Waals surface area contributed by atoms with Crippen molar-refractivity contribution in [1.82, 2.24) is 14.8 Å². The smallest absolute Gasteiger partial charge is 0.234 e. The van der Waals surface area contributed by atoms with Gasteiger partial charge in [-0.25, -0.2) is 4.39 Å². The van der Waals surface area contributed by atoms with E-state index in [0.717, 1.165) is 0 Å². The summed E-state index contributed by atoms with van der Waals surface area (Å²) < 4.78 is 20.8. The molecule has 3 aromatic rings. The molecule has 3 rings (SSSR count). The first-order chi connectivity index (χ1) is 14.0. The summed E-state index contributed by atoms with van der Waals surface area (Å²) in [7, 11) is 0. The monoisotopic (exact) mass is 434 g/mol. The Hall–Kier alpha value is -2.58. The topological polar surface area (TPSA) is 69.0 Å². The number of rotatable bonds is 8. The zero-order valence-electron chi connectivity index (χ0n) is 15.9. The van der Waals surface area contributed by atoms with E-state index in [4.69, 9.17) is 16.3 Å². The average Bonchev–Trinajstić information content (AvgIpc) is 3.11. The van der Waals surface area contributed by atoms with Crippen molar-refractivity contribution < 1.29 is 13.9 Å². The highest BCUT2D eigenvalue weighted by Gasteiger charge is 2.19. The Morgan fingerprint density at radius 1 is 1.28 bits per heavy atom. The standard InChI is InChI=1S/C20H20ClFN4O2S/c1-3-26-19(13(2)28-17-9-7-15(22)8-10-17)24-25-20(26)29-12-18(27)23-16-6-4-5-14(21)11-16/h4-11,13H,3,12H2,1-2H3,(H,23,27). The van der Waals surface area contributed by atoms with Gasteiger partial charge in [-0.05, 0) is 56.3 Å². The van der Waals surface area contributed by atoms with Gasteiger partial charge in [0.1, 0.15) is 11.6 Å². The molecule has 1 unspecified atom stereocenters. The number of ether oxygens (including phenoxy) is 1. The van der Waals surface area contributed by atoms with E-state index in [2.05, 4.69) is 15.5 Å². The largest absolute Gasteiger partial charge is 0.483 e. The molecule has 1 N–H and O–H groups in total. The molecule has 1 aromatic heterocycles. The molecule has 0 spiro atoms. The molecule has 6 nitrogen and oxygen atoms in total. The van der Waals surface area contributed by atoms with E-state index in [-0.39, 0.29) is 23.6 Å². The zero-order valence-corrected chi connectivity index (χ0v) is 17.5. The number of halogens is 2. The van der Waals surface area contributed by atoms with E-state index in [9.17, 15) is 9.18 Å². The van der Waals surface area contributed by atoms with Crippen LogP contribution in [0.2, 0.25) is 5.02 Å². The summed E-state index contributed by atoms with van der Waals surface area (Å²) in [6, 6.07) is 12.8. The number of anilines is 1. The highest BCUT2D eigenvalue weighted by atomic mass is 35.5. The van der Waals surface area contributed by atoms with Crippen molar-refractivity contribution in [3.63, 3.8) is 0 Å². The molecule has 2 aromatic carbocycles. The first-order valence-corrected chi connectivity index (χ1v) is 10.4.